The van der Waals surface area contributed by atoms with Gasteiger partial charge >= 0.3 is 71.6 Å². The minimum Gasteiger partial charge on any atom is -0.473 e. The van der Waals surface area contributed by atoms with Crippen LogP contribution >= 0.6 is 0 Å². The van der Waals surface area contributed by atoms with Crippen molar-refractivity contribution in [3.8, 4) is 0 Å². The monoisotopic (exact) mass is 762 g/mol. The predicted octanol–water partition coefficient (Wildman–Crippen LogP) is 11.1. The van der Waals surface area contributed by atoms with Crippen molar-refractivity contribution in [3.05, 3.63) is 24.7 Å². The summed E-state index contributed by atoms with van der Waals surface area (Å²) in [6.07, 6.45) is -24.2. The van der Waals surface area contributed by atoms with Crippen molar-refractivity contribution in [2.45, 2.75) is 97.3 Å². The summed E-state index contributed by atoms with van der Waals surface area (Å²) in [7, 11) is 0. The summed E-state index contributed by atoms with van der Waals surface area (Å²) in [6.45, 7) is 0. The molecule has 0 heterocycles. The first-order valence-electron chi connectivity index (χ1n) is 11.1. The zero-order valence-electron chi connectivity index (χ0n) is 21.4. The highest BCUT2D eigenvalue weighted by molar-refractivity contribution is 5.11. The Labute approximate surface area is 242 Å². The van der Waals surface area contributed by atoms with Crippen LogP contribution in [0.3, 0.4) is 0 Å². The molecule has 0 rings (SSSR count). The van der Waals surface area contributed by atoms with Crippen LogP contribution in [0.2, 0.25) is 0 Å². The number of hydrogen-bond acceptors (Lipinski definition) is 1. The van der Waals surface area contributed by atoms with E-state index in [9.17, 15) is 114 Å². The van der Waals surface area contributed by atoms with Gasteiger partial charge in [0, 0.05) is 12.8 Å². The molecule has 0 bridgehead atoms. The van der Waals surface area contributed by atoms with Gasteiger partial charge in [0.25, 0.3) is 0 Å². The molecule has 0 aliphatic heterocycles. The number of alkyl halides is 26. The molecule has 0 radical (unpaired) electrons. The van der Waals surface area contributed by atoms with E-state index in [2.05, 4.69) is 4.74 Å². The van der Waals surface area contributed by atoms with Gasteiger partial charge in [0.1, 0.15) is 0 Å². The fourth-order valence-electron chi connectivity index (χ4n) is 2.74. The van der Waals surface area contributed by atoms with Crippen molar-refractivity contribution in [2.24, 2.45) is 0 Å². The third-order valence-electron chi connectivity index (χ3n) is 5.60. The normalized spacial score (nSPS) is 16.5. The third-order valence-corrected chi connectivity index (χ3v) is 5.60. The lowest BCUT2D eigenvalue weighted by Crippen LogP contribution is -2.70. The summed E-state index contributed by atoms with van der Waals surface area (Å²) < 4.78 is 341. The topological polar surface area (TPSA) is 9.23 Å². The maximum absolute atomic E-state index is 13.6. The van der Waals surface area contributed by atoms with E-state index >= 15 is 0 Å². The maximum atomic E-state index is 13.6. The zero-order chi connectivity index (χ0) is 38.4. The van der Waals surface area contributed by atoms with E-state index in [1.54, 1.807) is 0 Å². The summed E-state index contributed by atoms with van der Waals surface area (Å²) >= 11 is 0. The van der Waals surface area contributed by atoms with Crippen LogP contribution in [0.25, 0.3) is 0 Å². The highest BCUT2D eigenvalue weighted by atomic mass is 19.4. The first-order valence-corrected chi connectivity index (χ1v) is 11.1. The molecular formula is C20H12F26O. The first kappa shape index (κ1) is 44.5. The quantitative estimate of drug-likeness (QED) is 0.112. The average molecular weight is 762 g/mol. The molecule has 0 aliphatic rings. The molecule has 0 fully saturated rings. The Kier molecular flexibility index (Phi) is 12.0. The van der Waals surface area contributed by atoms with E-state index in [1.165, 1.54) is 0 Å². The molecule has 0 aromatic carbocycles. The van der Waals surface area contributed by atoms with Crippen LogP contribution in [-0.4, -0.2) is 71.6 Å². The Morgan fingerprint density at radius 3 is 0.723 bits per heavy atom. The van der Waals surface area contributed by atoms with Crippen LogP contribution in [0, 0.1) is 0 Å². The van der Waals surface area contributed by atoms with E-state index in [1.807, 2.05) is 0 Å². The predicted molar refractivity (Wildman–Crippen MR) is 99.4 cm³/mol. The molecule has 0 aromatic rings. The van der Waals surface area contributed by atoms with E-state index in [0.29, 0.717) is 0 Å². The lowest BCUT2D eigenvalue weighted by molar-refractivity contribution is -0.440. The number of allylic oxidation sites excluding steroid dienone is 2. The van der Waals surface area contributed by atoms with Crippen molar-refractivity contribution < 1.29 is 119 Å². The SMILES string of the molecule is FC(F)(F)C(F)(F)C(F)(F)C(F)(F)C(F)(F)C(F)(F)CCC=COC=CCCC(F)(F)C(F)(F)C(F)(F)C(F)(F)C(F)(F)C(F)(F)F. The summed E-state index contributed by atoms with van der Waals surface area (Å²) in [6, 6.07) is 0. The van der Waals surface area contributed by atoms with Crippen molar-refractivity contribution >= 4 is 0 Å². The second-order valence-electron chi connectivity index (χ2n) is 8.96. The molecule has 0 aromatic heterocycles. The number of rotatable bonds is 16. The fraction of sp³-hybridized carbons (Fsp3) is 0.800. The van der Waals surface area contributed by atoms with Gasteiger partial charge in [0.05, 0.1) is 12.5 Å². The Bertz CT molecular complexity index is 1020. The zero-order valence-corrected chi connectivity index (χ0v) is 21.4. The molecule has 1 nitrogen and oxygen atoms in total. The van der Waals surface area contributed by atoms with Gasteiger partial charge in [-0.2, -0.15) is 114 Å². The van der Waals surface area contributed by atoms with Crippen LogP contribution in [0.1, 0.15) is 25.7 Å². The van der Waals surface area contributed by atoms with E-state index in [-0.39, 0.29) is 24.7 Å². The summed E-state index contributed by atoms with van der Waals surface area (Å²) in [5, 5.41) is 0. The van der Waals surface area contributed by atoms with Gasteiger partial charge < -0.3 is 4.74 Å². The first-order chi connectivity index (χ1) is 20.2. The lowest BCUT2D eigenvalue weighted by atomic mass is 9.92. The number of hydrogen-bond donors (Lipinski definition) is 0. The Morgan fingerprint density at radius 1 is 0.298 bits per heavy atom. The van der Waals surface area contributed by atoms with Crippen molar-refractivity contribution in [2.75, 3.05) is 0 Å². The number of halogens is 26. The summed E-state index contributed by atoms with van der Waals surface area (Å²) in [4.78, 5) is 0. The third kappa shape index (κ3) is 7.26. The van der Waals surface area contributed by atoms with Crippen molar-refractivity contribution in [1.82, 2.24) is 0 Å². The van der Waals surface area contributed by atoms with Crippen LogP contribution in [-0.2, 0) is 4.74 Å². The number of ether oxygens (including phenoxy) is 1. The molecule has 47 heavy (non-hydrogen) atoms. The molecule has 0 spiro atoms. The van der Waals surface area contributed by atoms with Gasteiger partial charge in [-0.25, -0.2) is 0 Å². The van der Waals surface area contributed by atoms with Gasteiger partial charge in [-0.1, -0.05) is 0 Å². The molecule has 0 unspecified atom stereocenters. The molecule has 0 aliphatic carbocycles. The minimum absolute atomic E-state index is 0.0289. The van der Waals surface area contributed by atoms with Gasteiger partial charge in [-0.05, 0) is 25.0 Å². The van der Waals surface area contributed by atoms with Gasteiger partial charge in [-0.3, -0.25) is 0 Å². The average Bonchev–Trinajstić information content (AvgIpc) is 2.85. The maximum Gasteiger partial charge on any atom is 0.460 e. The second kappa shape index (κ2) is 12.7. The Morgan fingerprint density at radius 2 is 0.511 bits per heavy atom. The molecule has 0 N–H and O–H groups in total. The van der Waals surface area contributed by atoms with Crippen LogP contribution < -0.4 is 0 Å². The molecule has 0 amide bonds. The minimum atomic E-state index is -8.15. The Hall–Kier alpha value is -2.54. The lowest BCUT2D eigenvalue weighted by Gasteiger charge is -2.39. The molecule has 27 heteroatoms. The van der Waals surface area contributed by atoms with Crippen LogP contribution in [0.15, 0.2) is 24.7 Å². The summed E-state index contributed by atoms with van der Waals surface area (Å²) in [5.74, 6) is -76.5. The fourth-order valence-corrected chi connectivity index (χ4v) is 2.74. The van der Waals surface area contributed by atoms with Crippen molar-refractivity contribution in [3.63, 3.8) is 0 Å². The molecular weight excluding hydrogens is 750 g/mol. The van der Waals surface area contributed by atoms with Gasteiger partial charge in [0.2, 0.25) is 0 Å². The molecule has 280 valence electrons. The van der Waals surface area contributed by atoms with Crippen molar-refractivity contribution in [1.29, 1.82) is 0 Å². The molecule has 0 saturated carbocycles. The van der Waals surface area contributed by atoms with Gasteiger partial charge in [-0.15, -0.1) is 0 Å². The van der Waals surface area contributed by atoms with Gasteiger partial charge in [0.15, 0.2) is 0 Å². The molecule has 0 saturated heterocycles. The van der Waals surface area contributed by atoms with E-state index < -0.39 is 97.3 Å². The highest BCUT2D eigenvalue weighted by Gasteiger charge is 2.91. The highest BCUT2D eigenvalue weighted by Crippen LogP contribution is 2.62. The second-order valence-corrected chi connectivity index (χ2v) is 8.96. The molecule has 0 atom stereocenters. The van der Waals surface area contributed by atoms with E-state index in [4.69, 9.17) is 0 Å². The van der Waals surface area contributed by atoms with E-state index in [0.717, 1.165) is 0 Å². The smallest absolute Gasteiger partial charge is 0.460 e. The standard InChI is InChI=1S/C20H12F26O/c21-9(22,11(25,26)13(29,30)15(33,34)17(37,38)19(41,42)43)5-1-3-7-47-8-4-2-6-10(23,24)12(27,28)14(31,32)16(35,36)18(39,40)20(44,45)46/h3-4,7-8H,1-2,5-6H2. The largest absolute Gasteiger partial charge is 0.473 e. The van der Waals surface area contributed by atoms with Crippen LogP contribution in [0.5, 0.6) is 0 Å². The Balaban J connectivity index is 5.48. The summed E-state index contributed by atoms with van der Waals surface area (Å²) in [5.41, 5.74) is 0. The van der Waals surface area contributed by atoms with Crippen LogP contribution in [0.4, 0.5) is 114 Å².